The summed E-state index contributed by atoms with van der Waals surface area (Å²) in [6, 6.07) is 9.13. The number of ether oxygens (including phenoxy) is 1. The zero-order valence-corrected chi connectivity index (χ0v) is 12.3. The molecule has 0 spiro atoms. The molecule has 0 aromatic heterocycles. The number of benzene rings is 2. The summed E-state index contributed by atoms with van der Waals surface area (Å²) in [6.07, 6.45) is 0. The highest BCUT2D eigenvalue weighted by Gasteiger charge is 2.19. The van der Waals surface area contributed by atoms with Crippen molar-refractivity contribution >= 4 is 11.5 Å². The van der Waals surface area contributed by atoms with Crippen LogP contribution in [0.15, 0.2) is 30.3 Å². The number of ketones is 1. The predicted octanol–water partition coefficient (Wildman–Crippen LogP) is 3.43. The van der Waals surface area contributed by atoms with E-state index in [0.29, 0.717) is 22.6 Å². The predicted molar refractivity (Wildman–Crippen MR) is 81.5 cm³/mol. The van der Waals surface area contributed by atoms with Crippen LogP contribution in [0.3, 0.4) is 0 Å². The summed E-state index contributed by atoms with van der Waals surface area (Å²) in [7, 11) is 1.59. The third-order valence-electron chi connectivity index (χ3n) is 3.75. The van der Waals surface area contributed by atoms with E-state index in [2.05, 4.69) is 0 Å². The van der Waals surface area contributed by atoms with Crippen LogP contribution < -0.4 is 10.5 Å². The number of hydrogen-bond donors (Lipinski definition) is 1. The van der Waals surface area contributed by atoms with E-state index in [1.807, 2.05) is 32.9 Å². The molecule has 0 aliphatic carbocycles. The maximum Gasteiger partial charge on any atom is 0.197 e. The summed E-state index contributed by atoms with van der Waals surface area (Å²) in [5, 5.41) is 0. The molecule has 2 aromatic carbocycles. The van der Waals surface area contributed by atoms with Crippen LogP contribution in [0.25, 0.3) is 0 Å². The molecule has 0 saturated heterocycles. The van der Waals surface area contributed by atoms with Gasteiger partial charge in [-0.15, -0.1) is 0 Å². The molecule has 0 aliphatic rings. The Hall–Kier alpha value is -2.29. The summed E-state index contributed by atoms with van der Waals surface area (Å²) in [4.78, 5) is 12.7. The fraction of sp³-hybridized carbons (Fsp3) is 0.235. The van der Waals surface area contributed by atoms with Gasteiger partial charge in [0.1, 0.15) is 5.75 Å². The van der Waals surface area contributed by atoms with Gasteiger partial charge in [-0.25, -0.2) is 0 Å². The number of nitrogen functional groups attached to an aromatic ring is 1. The van der Waals surface area contributed by atoms with Crippen molar-refractivity contribution in [2.75, 3.05) is 12.8 Å². The van der Waals surface area contributed by atoms with Gasteiger partial charge >= 0.3 is 0 Å². The molecule has 3 nitrogen and oxygen atoms in total. The Balaban J connectivity index is 2.60. The summed E-state index contributed by atoms with van der Waals surface area (Å²) < 4.78 is 5.42. The molecule has 2 N–H and O–H groups in total. The van der Waals surface area contributed by atoms with Crippen molar-refractivity contribution in [3.8, 4) is 5.75 Å². The first-order valence-corrected chi connectivity index (χ1v) is 6.51. The highest BCUT2D eigenvalue weighted by molar-refractivity contribution is 6.12. The van der Waals surface area contributed by atoms with Crippen molar-refractivity contribution in [2.24, 2.45) is 0 Å². The lowest BCUT2D eigenvalue weighted by molar-refractivity contribution is 0.103. The molecule has 0 atom stereocenters. The first-order valence-electron chi connectivity index (χ1n) is 6.51. The van der Waals surface area contributed by atoms with Crippen molar-refractivity contribution in [3.63, 3.8) is 0 Å². The Kier molecular flexibility index (Phi) is 3.79. The number of methoxy groups -OCH3 is 1. The largest absolute Gasteiger partial charge is 0.496 e. The number of carbonyl (C=O) groups excluding carboxylic acids is 1. The molecule has 0 bridgehead atoms. The van der Waals surface area contributed by atoms with Gasteiger partial charge in [-0.3, -0.25) is 4.79 Å². The van der Waals surface area contributed by atoms with Crippen LogP contribution in [0.5, 0.6) is 5.75 Å². The van der Waals surface area contributed by atoms with Gasteiger partial charge in [0, 0.05) is 11.3 Å². The van der Waals surface area contributed by atoms with E-state index in [9.17, 15) is 4.79 Å². The number of hydrogen-bond acceptors (Lipinski definition) is 3. The fourth-order valence-electron chi connectivity index (χ4n) is 2.28. The van der Waals surface area contributed by atoms with Crippen LogP contribution >= 0.6 is 0 Å². The van der Waals surface area contributed by atoms with E-state index in [-0.39, 0.29) is 5.78 Å². The van der Waals surface area contributed by atoms with Crippen LogP contribution in [-0.4, -0.2) is 12.9 Å². The molecule has 20 heavy (non-hydrogen) atoms. The molecule has 0 amide bonds. The van der Waals surface area contributed by atoms with E-state index in [1.165, 1.54) is 0 Å². The quantitative estimate of drug-likeness (QED) is 0.686. The van der Waals surface area contributed by atoms with Crippen molar-refractivity contribution in [1.82, 2.24) is 0 Å². The van der Waals surface area contributed by atoms with E-state index in [1.54, 1.807) is 25.3 Å². The zero-order chi connectivity index (χ0) is 14.9. The molecule has 2 rings (SSSR count). The van der Waals surface area contributed by atoms with Crippen LogP contribution in [0.1, 0.15) is 32.6 Å². The zero-order valence-electron chi connectivity index (χ0n) is 12.3. The molecule has 104 valence electrons. The van der Waals surface area contributed by atoms with E-state index in [0.717, 1.165) is 16.7 Å². The van der Waals surface area contributed by atoms with Gasteiger partial charge in [-0.05, 0) is 49.6 Å². The second-order valence-corrected chi connectivity index (χ2v) is 4.94. The molecule has 3 heteroatoms. The molecule has 0 fully saturated rings. The lowest BCUT2D eigenvalue weighted by Crippen LogP contribution is -2.08. The van der Waals surface area contributed by atoms with Gasteiger partial charge < -0.3 is 10.5 Å². The van der Waals surface area contributed by atoms with Gasteiger partial charge in [0.2, 0.25) is 0 Å². The number of rotatable bonds is 3. The number of anilines is 1. The van der Waals surface area contributed by atoms with Gasteiger partial charge in [-0.1, -0.05) is 18.2 Å². The Morgan fingerprint density at radius 1 is 1.00 bits per heavy atom. The van der Waals surface area contributed by atoms with Crippen molar-refractivity contribution in [3.05, 3.63) is 58.1 Å². The lowest BCUT2D eigenvalue weighted by atomic mass is 9.94. The Morgan fingerprint density at radius 2 is 1.70 bits per heavy atom. The smallest absolute Gasteiger partial charge is 0.197 e. The second kappa shape index (κ2) is 5.37. The third kappa shape index (κ3) is 2.27. The lowest BCUT2D eigenvalue weighted by Gasteiger charge is -2.14. The summed E-state index contributed by atoms with van der Waals surface area (Å²) in [6.45, 7) is 5.81. The number of nitrogens with two attached hydrogens (primary N) is 1. The minimum atomic E-state index is -0.0604. The minimum absolute atomic E-state index is 0.0604. The Morgan fingerprint density at radius 3 is 2.35 bits per heavy atom. The van der Waals surface area contributed by atoms with Crippen LogP contribution in [0, 0.1) is 20.8 Å². The topological polar surface area (TPSA) is 52.3 Å². The summed E-state index contributed by atoms with van der Waals surface area (Å²) >= 11 is 0. The van der Waals surface area contributed by atoms with Crippen molar-refractivity contribution < 1.29 is 9.53 Å². The minimum Gasteiger partial charge on any atom is -0.496 e. The number of carbonyl (C=O) groups is 1. The second-order valence-electron chi connectivity index (χ2n) is 4.94. The molecule has 0 heterocycles. The summed E-state index contributed by atoms with van der Waals surface area (Å²) in [5.74, 6) is 0.576. The first-order chi connectivity index (χ1) is 9.47. The summed E-state index contributed by atoms with van der Waals surface area (Å²) in [5.41, 5.74) is 10.6. The van der Waals surface area contributed by atoms with Crippen LogP contribution in [-0.2, 0) is 0 Å². The first kappa shape index (κ1) is 14.1. The molecule has 0 unspecified atom stereocenters. The average Bonchev–Trinajstić information content (AvgIpc) is 2.44. The van der Waals surface area contributed by atoms with Crippen molar-refractivity contribution in [2.45, 2.75) is 20.8 Å². The molecule has 0 aliphatic heterocycles. The van der Waals surface area contributed by atoms with Crippen molar-refractivity contribution in [1.29, 1.82) is 0 Å². The normalized spacial score (nSPS) is 10.4. The molecule has 2 aromatic rings. The van der Waals surface area contributed by atoms with Gasteiger partial charge in [-0.2, -0.15) is 0 Å². The highest BCUT2D eigenvalue weighted by Crippen LogP contribution is 2.29. The molecular weight excluding hydrogens is 250 g/mol. The van der Waals surface area contributed by atoms with Crippen LogP contribution in [0.2, 0.25) is 0 Å². The standard InChI is InChI=1S/C17H19NO2/c1-10-8-9-14(17(20-4)11(10)2)16(19)13-6-5-7-15(18)12(13)3/h5-9H,18H2,1-4H3. The SMILES string of the molecule is COc1c(C(=O)c2cccc(N)c2C)ccc(C)c1C. The maximum atomic E-state index is 12.7. The third-order valence-corrected chi connectivity index (χ3v) is 3.75. The van der Waals surface area contributed by atoms with E-state index >= 15 is 0 Å². The van der Waals surface area contributed by atoms with Gasteiger partial charge in [0.25, 0.3) is 0 Å². The monoisotopic (exact) mass is 269 g/mol. The Bertz CT molecular complexity index is 675. The maximum absolute atomic E-state index is 12.7. The van der Waals surface area contributed by atoms with Gasteiger partial charge in [0.05, 0.1) is 12.7 Å². The van der Waals surface area contributed by atoms with Gasteiger partial charge in [0.15, 0.2) is 5.78 Å². The average molecular weight is 269 g/mol. The highest BCUT2D eigenvalue weighted by atomic mass is 16.5. The van der Waals surface area contributed by atoms with E-state index in [4.69, 9.17) is 10.5 Å². The van der Waals surface area contributed by atoms with Crippen LogP contribution in [0.4, 0.5) is 5.69 Å². The number of aryl methyl sites for hydroxylation is 1. The Labute approximate surface area is 119 Å². The molecule has 0 saturated carbocycles. The fourth-order valence-corrected chi connectivity index (χ4v) is 2.28. The molecule has 0 radical (unpaired) electrons. The van der Waals surface area contributed by atoms with E-state index < -0.39 is 0 Å². The molecular formula is C17H19NO2.